The lowest BCUT2D eigenvalue weighted by atomic mass is 10.3. The number of nitrogens with zero attached hydrogens (tertiary/aromatic N) is 2. The van der Waals surface area contributed by atoms with E-state index in [-0.39, 0.29) is 0 Å². The van der Waals surface area contributed by atoms with Crippen LogP contribution >= 0.6 is 12.2 Å². The van der Waals surface area contributed by atoms with E-state index in [0.29, 0.717) is 11.5 Å². The summed E-state index contributed by atoms with van der Waals surface area (Å²) in [6.45, 7) is 6.61. The first-order chi connectivity index (χ1) is 9.54. The topological polar surface area (TPSA) is 77.6 Å². The van der Waals surface area contributed by atoms with Gasteiger partial charge in [-0.2, -0.15) is 0 Å². The fourth-order valence-electron chi connectivity index (χ4n) is 1.98. The number of piperazine rings is 1. The average molecular weight is 299 g/mol. The number of nitrogens with two attached hydrogens (primary N) is 1. The standard InChI is InChI=1S/C13H25N5OS/c1-11(14)10-12(15)17-5-7-18(8-6-17)13(20)16-4-3-9-19-2/h10,15H,3-9,14H2,1-2H3,(H,16,20)/b11-10+,15-12?. The number of hydrogen-bond acceptors (Lipinski definition) is 4. The maximum absolute atomic E-state index is 7.93. The quantitative estimate of drug-likeness (QED) is 0.294. The molecular weight excluding hydrogens is 274 g/mol. The van der Waals surface area contributed by atoms with Gasteiger partial charge in [0.15, 0.2) is 5.11 Å². The molecule has 4 N–H and O–H groups in total. The minimum atomic E-state index is 0.476. The summed E-state index contributed by atoms with van der Waals surface area (Å²) < 4.78 is 5.00. The third kappa shape index (κ3) is 5.75. The zero-order chi connectivity index (χ0) is 15.0. The molecule has 0 unspecified atom stereocenters. The summed E-state index contributed by atoms with van der Waals surface area (Å²) in [6, 6.07) is 0. The van der Waals surface area contributed by atoms with Gasteiger partial charge in [0.05, 0.1) is 0 Å². The van der Waals surface area contributed by atoms with Crippen molar-refractivity contribution in [3.63, 3.8) is 0 Å². The van der Waals surface area contributed by atoms with Crippen LogP contribution in [0.3, 0.4) is 0 Å². The number of rotatable bonds is 5. The van der Waals surface area contributed by atoms with E-state index in [2.05, 4.69) is 10.2 Å². The van der Waals surface area contributed by atoms with E-state index in [4.69, 9.17) is 28.1 Å². The molecule has 0 radical (unpaired) electrons. The highest BCUT2D eigenvalue weighted by atomic mass is 32.1. The van der Waals surface area contributed by atoms with Crippen molar-refractivity contribution in [2.24, 2.45) is 5.73 Å². The van der Waals surface area contributed by atoms with Gasteiger partial charge in [-0.25, -0.2) is 0 Å². The van der Waals surface area contributed by atoms with Crippen molar-refractivity contribution >= 4 is 23.2 Å². The Hall–Kier alpha value is -1.34. The number of ether oxygens (including phenoxy) is 1. The fourth-order valence-corrected chi connectivity index (χ4v) is 2.27. The van der Waals surface area contributed by atoms with Crippen molar-refractivity contribution in [1.82, 2.24) is 15.1 Å². The fraction of sp³-hybridized carbons (Fsp3) is 0.692. The zero-order valence-corrected chi connectivity index (χ0v) is 13.1. The number of allylic oxidation sites excluding steroid dienone is 1. The summed E-state index contributed by atoms with van der Waals surface area (Å²) in [6.07, 6.45) is 2.64. The van der Waals surface area contributed by atoms with Crippen molar-refractivity contribution in [3.05, 3.63) is 11.8 Å². The van der Waals surface area contributed by atoms with Gasteiger partial charge in [-0.15, -0.1) is 0 Å². The maximum atomic E-state index is 7.93. The average Bonchev–Trinajstić information content (AvgIpc) is 2.43. The predicted octanol–water partition coefficient (Wildman–Crippen LogP) is 0.355. The second-order valence-corrected chi connectivity index (χ2v) is 5.21. The Bertz CT molecular complexity index is 360. The molecule has 20 heavy (non-hydrogen) atoms. The second-order valence-electron chi connectivity index (χ2n) is 4.83. The first-order valence-electron chi connectivity index (χ1n) is 6.83. The molecule has 1 aliphatic rings. The Labute approximate surface area is 126 Å². The summed E-state index contributed by atoms with van der Waals surface area (Å²) in [5.74, 6) is 0.476. The van der Waals surface area contributed by atoms with Crippen LogP contribution in [0, 0.1) is 5.41 Å². The van der Waals surface area contributed by atoms with E-state index >= 15 is 0 Å². The molecule has 1 aliphatic heterocycles. The smallest absolute Gasteiger partial charge is 0.169 e. The number of nitrogens with one attached hydrogen (secondary N) is 2. The summed E-state index contributed by atoms with van der Waals surface area (Å²) in [5.41, 5.74) is 6.26. The van der Waals surface area contributed by atoms with Crippen molar-refractivity contribution in [2.75, 3.05) is 46.4 Å². The van der Waals surface area contributed by atoms with Gasteiger partial charge >= 0.3 is 0 Å². The van der Waals surface area contributed by atoms with Crippen molar-refractivity contribution in [1.29, 1.82) is 5.41 Å². The van der Waals surface area contributed by atoms with Crippen LogP contribution < -0.4 is 11.1 Å². The molecule has 0 aliphatic carbocycles. The number of amidine groups is 1. The van der Waals surface area contributed by atoms with Crippen LogP contribution in [0.5, 0.6) is 0 Å². The van der Waals surface area contributed by atoms with Crippen molar-refractivity contribution in [2.45, 2.75) is 13.3 Å². The normalized spacial score (nSPS) is 16.2. The van der Waals surface area contributed by atoms with E-state index in [1.807, 2.05) is 4.90 Å². The van der Waals surface area contributed by atoms with Gasteiger partial charge in [0.25, 0.3) is 0 Å². The predicted molar refractivity (Wildman–Crippen MR) is 85.9 cm³/mol. The first-order valence-corrected chi connectivity index (χ1v) is 7.24. The molecule has 1 saturated heterocycles. The lowest BCUT2D eigenvalue weighted by Crippen LogP contribution is -2.52. The van der Waals surface area contributed by atoms with Crippen molar-refractivity contribution in [3.8, 4) is 0 Å². The molecule has 0 amide bonds. The van der Waals surface area contributed by atoms with Crippen LogP contribution in [-0.4, -0.2) is 67.2 Å². The summed E-state index contributed by atoms with van der Waals surface area (Å²) in [5, 5.41) is 12.0. The molecular formula is C13H25N5OS. The largest absolute Gasteiger partial charge is 0.402 e. The third-order valence-corrected chi connectivity index (χ3v) is 3.48. The Balaban J connectivity index is 2.29. The third-order valence-electron chi connectivity index (χ3n) is 3.07. The number of methoxy groups -OCH3 is 1. The van der Waals surface area contributed by atoms with Crippen LogP contribution in [0.2, 0.25) is 0 Å². The molecule has 0 aromatic rings. The molecule has 7 heteroatoms. The van der Waals surface area contributed by atoms with Gasteiger partial charge in [-0.3, -0.25) is 5.41 Å². The molecule has 114 valence electrons. The Morgan fingerprint density at radius 2 is 1.95 bits per heavy atom. The molecule has 0 aromatic heterocycles. The molecule has 0 atom stereocenters. The summed E-state index contributed by atoms with van der Waals surface area (Å²) in [7, 11) is 1.70. The molecule has 0 saturated carbocycles. The molecule has 0 spiro atoms. The Morgan fingerprint density at radius 3 is 2.50 bits per heavy atom. The van der Waals surface area contributed by atoms with Gasteiger partial charge in [-0.1, -0.05) is 0 Å². The van der Waals surface area contributed by atoms with Gasteiger partial charge in [0.1, 0.15) is 5.84 Å². The van der Waals surface area contributed by atoms with Gasteiger partial charge in [0.2, 0.25) is 0 Å². The van der Waals surface area contributed by atoms with Gasteiger partial charge in [0, 0.05) is 52.1 Å². The highest BCUT2D eigenvalue weighted by Crippen LogP contribution is 2.04. The van der Waals surface area contributed by atoms with Gasteiger partial charge < -0.3 is 25.6 Å². The second kappa shape index (κ2) is 8.76. The van der Waals surface area contributed by atoms with Crippen LogP contribution in [0.4, 0.5) is 0 Å². The number of hydrogen-bond donors (Lipinski definition) is 3. The SMILES string of the molecule is COCCCNC(=S)N1CCN(C(=N)/C=C(\C)N)CC1. The molecule has 1 rings (SSSR count). The molecule has 1 heterocycles. The zero-order valence-electron chi connectivity index (χ0n) is 12.3. The Kier molecular flexibility index (Phi) is 7.32. The van der Waals surface area contributed by atoms with E-state index in [9.17, 15) is 0 Å². The van der Waals surface area contributed by atoms with E-state index in [0.717, 1.165) is 50.9 Å². The van der Waals surface area contributed by atoms with Crippen LogP contribution in [0.25, 0.3) is 0 Å². The molecule has 0 aromatic carbocycles. The summed E-state index contributed by atoms with van der Waals surface area (Å²) >= 11 is 5.37. The lowest BCUT2D eigenvalue weighted by Gasteiger charge is -2.37. The van der Waals surface area contributed by atoms with Gasteiger partial charge in [-0.05, 0) is 31.6 Å². The summed E-state index contributed by atoms with van der Waals surface area (Å²) in [4.78, 5) is 4.16. The van der Waals surface area contributed by atoms with Crippen LogP contribution in [0.1, 0.15) is 13.3 Å². The highest BCUT2D eigenvalue weighted by molar-refractivity contribution is 7.80. The Morgan fingerprint density at radius 1 is 1.35 bits per heavy atom. The minimum absolute atomic E-state index is 0.476. The lowest BCUT2D eigenvalue weighted by molar-refractivity contribution is 0.195. The van der Waals surface area contributed by atoms with E-state index in [1.165, 1.54) is 0 Å². The molecule has 6 nitrogen and oxygen atoms in total. The van der Waals surface area contributed by atoms with E-state index in [1.54, 1.807) is 20.1 Å². The highest BCUT2D eigenvalue weighted by Gasteiger charge is 2.19. The maximum Gasteiger partial charge on any atom is 0.169 e. The molecule has 1 fully saturated rings. The van der Waals surface area contributed by atoms with Crippen molar-refractivity contribution < 1.29 is 4.74 Å². The van der Waals surface area contributed by atoms with E-state index < -0.39 is 0 Å². The van der Waals surface area contributed by atoms with Crippen LogP contribution in [0.15, 0.2) is 11.8 Å². The molecule has 0 bridgehead atoms. The number of thiocarbonyl (C=S) groups is 1. The van der Waals surface area contributed by atoms with Crippen LogP contribution in [-0.2, 0) is 4.74 Å². The first kappa shape index (κ1) is 16.7. The minimum Gasteiger partial charge on any atom is -0.402 e. The monoisotopic (exact) mass is 299 g/mol.